The molecule has 0 radical (unpaired) electrons. The van der Waals surface area contributed by atoms with Gasteiger partial charge in [0.15, 0.2) is 11.4 Å². The monoisotopic (exact) mass is 952 g/mol. The maximum absolute atomic E-state index is 13.8. The fraction of sp³-hybridized carbons (Fsp3) is 0.385. The minimum Gasteiger partial charge on any atom is -0.507 e. The lowest BCUT2D eigenvalue weighted by Crippen LogP contribution is -2.44. The number of ether oxygens (including phenoxy) is 2. The number of hydrogen-bond donors (Lipinski definition) is 4. The normalized spacial score (nSPS) is 16.4. The third kappa shape index (κ3) is 8.39. The van der Waals surface area contributed by atoms with E-state index in [-0.39, 0.29) is 76.5 Å². The van der Waals surface area contributed by atoms with Gasteiger partial charge in [0.1, 0.15) is 23.9 Å². The van der Waals surface area contributed by atoms with Crippen molar-refractivity contribution in [1.82, 2.24) is 39.4 Å². The van der Waals surface area contributed by atoms with E-state index in [1.165, 1.54) is 15.5 Å². The van der Waals surface area contributed by atoms with E-state index in [1.54, 1.807) is 48.6 Å². The van der Waals surface area contributed by atoms with Crippen molar-refractivity contribution in [2.45, 2.75) is 91.4 Å². The lowest BCUT2D eigenvalue weighted by atomic mass is 9.86. The number of rotatable bonds is 13. The number of nitrogens with one attached hydrogen (secondary N) is 1. The Morgan fingerprint density at radius 3 is 2.40 bits per heavy atom. The van der Waals surface area contributed by atoms with Crippen molar-refractivity contribution in [3.05, 3.63) is 110 Å². The molecule has 1 fully saturated rings. The number of aryl methyl sites for hydroxylation is 1. The molecule has 3 aliphatic heterocycles. The molecular weight excluding hydrogens is 897 g/mol. The summed E-state index contributed by atoms with van der Waals surface area (Å²) in [6.45, 7) is 9.37. The molecule has 1 atom stereocenters. The van der Waals surface area contributed by atoms with Crippen molar-refractivity contribution in [2.24, 2.45) is 5.92 Å². The molecule has 18 heteroatoms. The average molecular weight is 953 g/mol. The van der Waals surface area contributed by atoms with Gasteiger partial charge in [-0.05, 0) is 105 Å². The molecule has 3 amide bonds. The Morgan fingerprint density at radius 2 is 1.70 bits per heavy atom. The number of pyridine rings is 2. The fourth-order valence-corrected chi connectivity index (χ4v) is 9.93. The summed E-state index contributed by atoms with van der Waals surface area (Å²) < 4.78 is 14.3. The molecule has 4 N–H and O–H groups in total. The van der Waals surface area contributed by atoms with E-state index in [9.17, 15) is 39.3 Å². The summed E-state index contributed by atoms with van der Waals surface area (Å²) in [7, 11) is 1.65. The van der Waals surface area contributed by atoms with Crippen molar-refractivity contribution >= 4 is 34.8 Å². The van der Waals surface area contributed by atoms with Crippen molar-refractivity contribution in [3.63, 3.8) is 0 Å². The molecule has 9 rings (SSSR count). The van der Waals surface area contributed by atoms with Gasteiger partial charge >= 0.3 is 12.1 Å². The van der Waals surface area contributed by atoms with Gasteiger partial charge in [-0.25, -0.2) is 14.6 Å². The highest BCUT2D eigenvalue weighted by atomic mass is 16.6. The zero-order valence-corrected chi connectivity index (χ0v) is 39.9. The van der Waals surface area contributed by atoms with Gasteiger partial charge in [-0.2, -0.15) is 0 Å². The number of phenols is 2. The van der Waals surface area contributed by atoms with Crippen LogP contribution in [0.4, 0.5) is 4.79 Å². The Labute approximate surface area is 403 Å². The number of esters is 1. The number of hydrogen-bond acceptors (Lipinski definition) is 13. The number of aliphatic hydroxyl groups is 1. The zero-order chi connectivity index (χ0) is 49.6. The molecule has 18 nitrogen and oxygen atoms in total. The first-order valence-electron chi connectivity index (χ1n) is 23.9. The molecule has 0 bridgehead atoms. The summed E-state index contributed by atoms with van der Waals surface area (Å²) in [4.78, 5) is 74.8. The van der Waals surface area contributed by atoms with E-state index < -0.39 is 29.5 Å². The Morgan fingerprint density at radius 1 is 0.943 bits per heavy atom. The van der Waals surface area contributed by atoms with Crippen LogP contribution in [-0.2, 0) is 41.1 Å². The number of unbranched alkanes of at least 4 members (excludes halogenated alkanes) is 1. The minimum atomic E-state index is -1.92. The van der Waals surface area contributed by atoms with Crippen molar-refractivity contribution in [3.8, 4) is 45.7 Å². The van der Waals surface area contributed by atoms with Gasteiger partial charge in [0, 0.05) is 61.5 Å². The third-order valence-electron chi connectivity index (χ3n) is 13.9. The van der Waals surface area contributed by atoms with Crippen LogP contribution in [0.2, 0.25) is 0 Å². The molecule has 1 saturated heterocycles. The van der Waals surface area contributed by atoms with Crippen LogP contribution < -0.4 is 15.6 Å². The van der Waals surface area contributed by atoms with Gasteiger partial charge in [-0.15, -0.1) is 10.2 Å². The molecule has 3 aliphatic rings. The number of likely N-dealkylation sites (tertiary alicyclic amines) is 1. The second kappa shape index (κ2) is 19.1. The first-order chi connectivity index (χ1) is 33.7. The van der Waals surface area contributed by atoms with Crippen LogP contribution >= 0.6 is 0 Å². The summed E-state index contributed by atoms with van der Waals surface area (Å²) in [5.41, 5.74) is 3.56. The Bertz CT molecular complexity index is 3140. The topological polar surface area (TPSA) is 232 Å². The predicted molar refractivity (Wildman–Crippen MR) is 258 cm³/mol. The molecule has 0 aliphatic carbocycles. The summed E-state index contributed by atoms with van der Waals surface area (Å²) in [6, 6.07) is 17.1. The van der Waals surface area contributed by atoms with Crippen LogP contribution in [0.5, 0.6) is 17.2 Å². The van der Waals surface area contributed by atoms with Crippen LogP contribution in [0.1, 0.15) is 109 Å². The number of benzene rings is 3. The molecular formula is C52H56N8O10. The van der Waals surface area contributed by atoms with Crippen molar-refractivity contribution in [2.75, 3.05) is 33.2 Å². The fourth-order valence-electron chi connectivity index (χ4n) is 9.93. The number of aromatic nitrogens is 5. The lowest BCUT2D eigenvalue weighted by Gasteiger charge is -2.31. The smallest absolute Gasteiger partial charge is 0.415 e. The molecule has 1 unspecified atom stereocenters. The van der Waals surface area contributed by atoms with Crippen molar-refractivity contribution < 1.29 is 44.0 Å². The standard InChI is InChI=1S/C52H56N8O10/c1-6-10-19-57(5)48(64)36-24-35(42(61)26-43(36)62)45-55-56-46(47(63)53-9-4)60(45)31-13-11-29(12-14-31)22-30-17-20-58(21-18-30)51(67)70-32-15-16-40-34(23-32)33(7-2)37-27-59-41(44(37)54-40)25-39-38(49(59)65)28-69-50(66)52(39,68)8-3/h11-16,23-26,30,61-62,68H,6-10,17-22,27-28H2,1-5H3,(H,53,63). The second-order valence-electron chi connectivity index (χ2n) is 18.2. The summed E-state index contributed by atoms with van der Waals surface area (Å²) in [5.74, 6) is -1.67. The van der Waals surface area contributed by atoms with Gasteiger partial charge in [-0.1, -0.05) is 39.3 Å². The molecule has 0 saturated carbocycles. The molecule has 0 spiro atoms. The number of cyclic esters (lactones) is 1. The summed E-state index contributed by atoms with van der Waals surface area (Å²) in [5, 5.41) is 45.1. The van der Waals surface area contributed by atoms with E-state index in [0.29, 0.717) is 60.9 Å². The van der Waals surface area contributed by atoms with Crippen LogP contribution in [0.15, 0.2) is 65.5 Å². The van der Waals surface area contributed by atoms with E-state index in [0.717, 1.165) is 60.2 Å². The molecule has 3 aromatic heterocycles. The van der Waals surface area contributed by atoms with Crippen LogP contribution in [-0.4, -0.2) is 107 Å². The Kier molecular flexibility index (Phi) is 12.9. The van der Waals surface area contributed by atoms with Crippen LogP contribution in [0, 0.1) is 5.92 Å². The predicted octanol–water partition coefficient (Wildman–Crippen LogP) is 6.38. The number of aromatic hydroxyl groups is 2. The number of piperidine rings is 1. The maximum atomic E-state index is 13.8. The van der Waals surface area contributed by atoms with Crippen LogP contribution in [0.3, 0.4) is 0 Å². The zero-order valence-electron chi connectivity index (χ0n) is 39.9. The molecule has 6 heterocycles. The number of phenolic OH excluding ortho intramolecular Hbond substituents is 2. The first-order valence-corrected chi connectivity index (χ1v) is 23.9. The van der Waals surface area contributed by atoms with E-state index >= 15 is 0 Å². The Hall–Kier alpha value is -7.60. The van der Waals surface area contributed by atoms with Gasteiger partial charge in [-0.3, -0.25) is 19.0 Å². The SMILES string of the molecule is CCCCN(C)C(=O)c1cc(-c2nnc(C(=O)NCC)n2-c2ccc(CC3CCN(C(=O)Oc4ccc5nc6c(c(CC)c5c4)Cn4c-6cc5c(c4=O)COC(=O)C5(O)CC)CC3)cc2)c(O)cc1O. The number of fused-ring (bicyclic) bond motifs is 5. The van der Waals surface area contributed by atoms with E-state index in [1.807, 2.05) is 44.2 Å². The number of nitrogens with zero attached hydrogens (tertiary/aromatic N) is 7. The highest BCUT2D eigenvalue weighted by molar-refractivity contribution is 5.99. The number of amides is 3. The van der Waals surface area contributed by atoms with Gasteiger partial charge in [0.25, 0.3) is 17.4 Å². The highest BCUT2D eigenvalue weighted by Gasteiger charge is 2.45. The third-order valence-corrected chi connectivity index (χ3v) is 13.9. The minimum absolute atomic E-state index is 0.0207. The first kappa shape index (κ1) is 47.5. The molecule has 70 heavy (non-hydrogen) atoms. The summed E-state index contributed by atoms with van der Waals surface area (Å²) in [6.07, 6.45) is 4.10. The Balaban J connectivity index is 0.879. The molecule has 364 valence electrons. The van der Waals surface area contributed by atoms with Gasteiger partial charge < -0.3 is 44.5 Å². The lowest BCUT2D eigenvalue weighted by molar-refractivity contribution is -0.172. The number of carbonyl (C=O) groups excluding carboxylic acids is 4. The van der Waals surface area contributed by atoms with Crippen molar-refractivity contribution in [1.29, 1.82) is 0 Å². The second-order valence-corrected chi connectivity index (χ2v) is 18.2. The quantitative estimate of drug-likeness (QED) is 0.0921. The van der Waals surface area contributed by atoms with E-state index in [2.05, 4.69) is 15.5 Å². The largest absolute Gasteiger partial charge is 0.507 e. The van der Waals surface area contributed by atoms with Gasteiger partial charge in [0.05, 0.1) is 40.1 Å². The molecule has 3 aromatic carbocycles. The molecule has 6 aromatic rings. The maximum Gasteiger partial charge on any atom is 0.415 e. The number of carbonyl (C=O) groups is 4. The van der Waals surface area contributed by atoms with Gasteiger partial charge in [0.2, 0.25) is 5.82 Å². The summed E-state index contributed by atoms with van der Waals surface area (Å²) >= 11 is 0. The highest BCUT2D eigenvalue weighted by Crippen LogP contribution is 2.41. The average Bonchev–Trinajstić information content (AvgIpc) is 3.97. The van der Waals surface area contributed by atoms with Crippen LogP contribution in [0.25, 0.3) is 39.4 Å². The van der Waals surface area contributed by atoms with E-state index in [4.69, 9.17) is 14.5 Å².